The third-order valence-electron chi connectivity index (χ3n) is 4.97. The van der Waals surface area contributed by atoms with Gasteiger partial charge in [-0.1, -0.05) is 12.1 Å². The second-order valence-electron chi connectivity index (χ2n) is 7.20. The lowest BCUT2D eigenvalue weighted by atomic mass is 9.95. The van der Waals surface area contributed by atoms with Crippen LogP contribution in [0.3, 0.4) is 0 Å². The maximum atomic E-state index is 13.2. The Hall–Kier alpha value is -2.90. The quantitative estimate of drug-likeness (QED) is 0.735. The van der Waals surface area contributed by atoms with E-state index in [4.69, 9.17) is 4.74 Å². The van der Waals surface area contributed by atoms with Crippen LogP contribution in [0.15, 0.2) is 24.3 Å². The molecule has 1 fully saturated rings. The summed E-state index contributed by atoms with van der Waals surface area (Å²) < 4.78 is 5.28. The van der Waals surface area contributed by atoms with Gasteiger partial charge in [-0.05, 0) is 26.0 Å². The zero-order chi connectivity index (χ0) is 19.9. The summed E-state index contributed by atoms with van der Waals surface area (Å²) in [4.78, 5) is 55.0. The van der Waals surface area contributed by atoms with E-state index in [0.29, 0.717) is 11.3 Å². The van der Waals surface area contributed by atoms with Crippen molar-refractivity contribution in [1.29, 1.82) is 0 Å². The summed E-state index contributed by atoms with van der Waals surface area (Å²) in [6.45, 7) is 3.12. The number of ether oxygens (including phenoxy) is 1. The molecule has 8 heteroatoms. The molecule has 2 aliphatic heterocycles. The van der Waals surface area contributed by atoms with Gasteiger partial charge < -0.3 is 14.5 Å². The Kier molecular flexibility index (Phi) is 4.67. The Labute approximate surface area is 157 Å². The van der Waals surface area contributed by atoms with E-state index in [1.54, 1.807) is 52.2 Å². The molecular formula is C19H23N3O5. The number of fused-ring (bicyclic) bond motifs is 3. The van der Waals surface area contributed by atoms with Crippen molar-refractivity contribution in [3.05, 3.63) is 29.8 Å². The lowest BCUT2D eigenvalue weighted by Gasteiger charge is -2.50. The van der Waals surface area contributed by atoms with Crippen molar-refractivity contribution in [2.45, 2.75) is 38.4 Å². The number of benzene rings is 1. The van der Waals surface area contributed by atoms with Crippen LogP contribution in [0.25, 0.3) is 0 Å². The van der Waals surface area contributed by atoms with Gasteiger partial charge in [-0.2, -0.15) is 0 Å². The Bertz CT molecular complexity index is 819. The first-order valence-corrected chi connectivity index (χ1v) is 8.85. The van der Waals surface area contributed by atoms with E-state index in [0.717, 1.165) is 0 Å². The number of hydrogen-bond donors (Lipinski definition) is 0. The third-order valence-corrected chi connectivity index (χ3v) is 4.97. The molecular weight excluding hydrogens is 350 g/mol. The Morgan fingerprint density at radius 1 is 1.22 bits per heavy atom. The molecule has 3 amide bonds. The Morgan fingerprint density at radius 2 is 1.89 bits per heavy atom. The van der Waals surface area contributed by atoms with E-state index in [1.165, 1.54) is 14.7 Å². The highest BCUT2D eigenvalue weighted by Crippen LogP contribution is 2.45. The molecule has 27 heavy (non-hydrogen) atoms. The van der Waals surface area contributed by atoms with Crippen LogP contribution >= 0.6 is 0 Å². The Morgan fingerprint density at radius 3 is 2.52 bits per heavy atom. The van der Waals surface area contributed by atoms with E-state index in [9.17, 15) is 19.2 Å². The molecule has 0 spiro atoms. The van der Waals surface area contributed by atoms with Gasteiger partial charge in [-0.25, -0.2) is 4.79 Å². The van der Waals surface area contributed by atoms with Crippen LogP contribution in [0, 0.1) is 0 Å². The molecule has 3 rings (SSSR count). The molecule has 0 aliphatic carbocycles. The van der Waals surface area contributed by atoms with Crippen molar-refractivity contribution in [2.75, 3.05) is 25.6 Å². The van der Waals surface area contributed by atoms with Crippen molar-refractivity contribution in [2.24, 2.45) is 0 Å². The number of amides is 3. The predicted molar refractivity (Wildman–Crippen MR) is 96.9 cm³/mol. The van der Waals surface area contributed by atoms with Crippen molar-refractivity contribution in [3.63, 3.8) is 0 Å². The van der Waals surface area contributed by atoms with Crippen LogP contribution in [0.2, 0.25) is 0 Å². The van der Waals surface area contributed by atoms with Crippen molar-refractivity contribution in [1.82, 2.24) is 9.80 Å². The second-order valence-corrected chi connectivity index (χ2v) is 7.20. The molecule has 0 N–H and O–H groups in total. The molecule has 0 unspecified atom stereocenters. The second kappa shape index (κ2) is 6.68. The molecule has 0 bridgehead atoms. The number of esters is 1. The first-order valence-electron chi connectivity index (χ1n) is 8.85. The van der Waals surface area contributed by atoms with E-state index in [-0.39, 0.29) is 36.6 Å². The predicted octanol–water partition coefficient (Wildman–Crippen LogP) is 1.01. The molecule has 2 aliphatic rings. The van der Waals surface area contributed by atoms with Crippen LogP contribution in [0.4, 0.5) is 5.69 Å². The first kappa shape index (κ1) is 18.9. The molecule has 1 aromatic carbocycles. The van der Waals surface area contributed by atoms with Gasteiger partial charge >= 0.3 is 5.97 Å². The molecule has 0 radical (unpaired) electrons. The fraction of sp³-hybridized carbons (Fsp3) is 0.474. The van der Waals surface area contributed by atoms with E-state index >= 15 is 0 Å². The molecule has 0 aromatic heterocycles. The van der Waals surface area contributed by atoms with Gasteiger partial charge in [0.2, 0.25) is 11.6 Å². The normalized spacial score (nSPS) is 21.2. The van der Waals surface area contributed by atoms with Crippen LogP contribution in [-0.4, -0.2) is 65.9 Å². The van der Waals surface area contributed by atoms with E-state index in [2.05, 4.69) is 0 Å². The zero-order valence-electron chi connectivity index (χ0n) is 15.9. The number of rotatable bonds is 4. The summed E-state index contributed by atoms with van der Waals surface area (Å²) in [7, 11) is 3.11. The number of anilines is 1. The standard InChI is InChI=1S/C19H23N3O5/c1-12(2)21-17(25)13-7-5-6-8-14(13)22-15(23)9-10-19(21,22)18(26)27-11-16(24)20(3)4/h5-8,12H,9-11H2,1-4H3/t19-/m1/s1. The summed E-state index contributed by atoms with van der Waals surface area (Å²) in [6.07, 6.45) is 0.237. The van der Waals surface area contributed by atoms with Crippen LogP contribution in [-0.2, 0) is 19.1 Å². The average Bonchev–Trinajstić information content (AvgIpc) is 2.97. The number of likely N-dealkylation sites (N-methyl/N-ethyl adjacent to an activating group) is 1. The fourth-order valence-corrected chi connectivity index (χ4v) is 3.75. The van der Waals surface area contributed by atoms with Crippen LogP contribution in [0.5, 0.6) is 0 Å². The summed E-state index contributed by atoms with van der Waals surface area (Å²) in [5, 5.41) is 0. The zero-order valence-corrected chi connectivity index (χ0v) is 15.9. The van der Waals surface area contributed by atoms with Gasteiger partial charge in [0, 0.05) is 33.0 Å². The average molecular weight is 373 g/mol. The molecule has 2 heterocycles. The number of hydrogen-bond acceptors (Lipinski definition) is 5. The smallest absolute Gasteiger partial charge is 0.354 e. The topological polar surface area (TPSA) is 87.2 Å². The summed E-state index contributed by atoms with van der Waals surface area (Å²) >= 11 is 0. The molecule has 144 valence electrons. The lowest BCUT2D eigenvalue weighted by molar-refractivity contribution is -0.162. The first-order chi connectivity index (χ1) is 12.7. The van der Waals surface area contributed by atoms with Crippen LogP contribution in [0.1, 0.15) is 37.0 Å². The minimum Gasteiger partial charge on any atom is -0.452 e. The maximum Gasteiger partial charge on any atom is 0.354 e. The molecule has 0 saturated carbocycles. The van der Waals surface area contributed by atoms with Crippen molar-refractivity contribution >= 4 is 29.4 Å². The largest absolute Gasteiger partial charge is 0.452 e. The van der Waals surface area contributed by atoms with Gasteiger partial charge in [0.25, 0.3) is 11.8 Å². The number of carbonyl (C=O) groups is 4. The highest BCUT2D eigenvalue weighted by Gasteiger charge is 2.62. The highest BCUT2D eigenvalue weighted by molar-refractivity contribution is 6.15. The van der Waals surface area contributed by atoms with Gasteiger partial charge in [0.1, 0.15) is 0 Å². The van der Waals surface area contributed by atoms with Gasteiger partial charge in [0.05, 0.1) is 11.3 Å². The van der Waals surface area contributed by atoms with Crippen molar-refractivity contribution in [3.8, 4) is 0 Å². The molecule has 8 nitrogen and oxygen atoms in total. The minimum atomic E-state index is -1.57. The molecule has 1 saturated heterocycles. The third kappa shape index (κ3) is 2.75. The monoisotopic (exact) mass is 373 g/mol. The summed E-state index contributed by atoms with van der Waals surface area (Å²) in [5.74, 6) is -1.73. The fourth-order valence-electron chi connectivity index (χ4n) is 3.75. The number of carbonyl (C=O) groups excluding carboxylic acids is 4. The van der Waals surface area contributed by atoms with E-state index in [1.807, 2.05) is 0 Å². The van der Waals surface area contributed by atoms with Crippen LogP contribution < -0.4 is 4.90 Å². The maximum absolute atomic E-state index is 13.2. The SMILES string of the molecule is CC(C)N1C(=O)c2ccccc2N2C(=O)CC[C@]21C(=O)OCC(=O)N(C)C. The number of nitrogens with zero attached hydrogens (tertiary/aromatic N) is 3. The van der Waals surface area contributed by atoms with E-state index < -0.39 is 18.2 Å². The Balaban J connectivity index is 2.09. The molecule has 1 aromatic rings. The number of para-hydroxylation sites is 1. The summed E-state index contributed by atoms with van der Waals surface area (Å²) in [6, 6.07) is 6.38. The minimum absolute atomic E-state index is 0.113. The highest BCUT2D eigenvalue weighted by atomic mass is 16.5. The van der Waals surface area contributed by atoms with Crippen molar-refractivity contribution < 1.29 is 23.9 Å². The van der Waals surface area contributed by atoms with Gasteiger partial charge in [-0.3, -0.25) is 19.3 Å². The lowest BCUT2D eigenvalue weighted by Crippen LogP contribution is -2.70. The summed E-state index contributed by atoms with van der Waals surface area (Å²) in [5.41, 5.74) is -0.796. The van der Waals surface area contributed by atoms with Gasteiger partial charge in [0.15, 0.2) is 6.61 Å². The molecule has 1 atom stereocenters. The van der Waals surface area contributed by atoms with Gasteiger partial charge in [-0.15, -0.1) is 0 Å².